The summed E-state index contributed by atoms with van der Waals surface area (Å²) in [6.07, 6.45) is 0. The van der Waals surface area contributed by atoms with Crippen molar-refractivity contribution in [3.63, 3.8) is 0 Å². The summed E-state index contributed by atoms with van der Waals surface area (Å²) in [7, 11) is -3.83. The second-order valence-corrected chi connectivity index (χ2v) is 5.70. The van der Waals surface area contributed by atoms with Crippen LogP contribution < -0.4 is 16.2 Å². The maximum Gasteiger partial charge on any atom is 0.240 e. The summed E-state index contributed by atoms with van der Waals surface area (Å²) in [6.45, 7) is 2.20. The standard InChI is InChI=1S/C12H15N3O3S/c1-8-2-4-10(18-8)7-15-11-5-3-9(13)6-12(11)19(14,16)17/h2-6,15H,7,13H2,1H3,(H2,14,16,17). The van der Waals surface area contributed by atoms with Gasteiger partial charge in [0, 0.05) is 5.69 Å². The van der Waals surface area contributed by atoms with E-state index in [2.05, 4.69) is 5.32 Å². The number of rotatable bonds is 4. The summed E-state index contributed by atoms with van der Waals surface area (Å²) < 4.78 is 28.3. The predicted octanol–water partition coefficient (Wildman–Crippen LogP) is 1.43. The number of hydrogen-bond acceptors (Lipinski definition) is 5. The Labute approximate surface area is 111 Å². The number of furan rings is 1. The van der Waals surface area contributed by atoms with Crippen molar-refractivity contribution in [3.8, 4) is 0 Å². The number of aryl methyl sites for hydroxylation is 1. The zero-order valence-electron chi connectivity index (χ0n) is 10.4. The van der Waals surface area contributed by atoms with Crippen molar-refractivity contribution < 1.29 is 12.8 Å². The lowest BCUT2D eigenvalue weighted by Gasteiger charge is -2.10. The highest BCUT2D eigenvalue weighted by Crippen LogP contribution is 2.23. The van der Waals surface area contributed by atoms with Gasteiger partial charge in [-0.25, -0.2) is 13.6 Å². The van der Waals surface area contributed by atoms with E-state index in [4.69, 9.17) is 15.3 Å². The molecule has 0 radical (unpaired) electrons. The van der Waals surface area contributed by atoms with Gasteiger partial charge >= 0.3 is 0 Å². The van der Waals surface area contributed by atoms with Gasteiger partial charge in [0.15, 0.2) is 0 Å². The summed E-state index contributed by atoms with van der Waals surface area (Å²) in [4.78, 5) is -0.0317. The third kappa shape index (κ3) is 3.27. The number of anilines is 2. The zero-order chi connectivity index (χ0) is 14.0. The Kier molecular flexibility index (Phi) is 3.50. The third-order valence-corrected chi connectivity index (χ3v) is 3.51. The van der Waals surface area contributed by atoms with Gasteiger partial charge < -0.3 is 15.5 Å². The molecule has 0 amide bonds. The van der Waals surface area contributed by atoms with Crippen molar-refractivity contribution in [1.82, 2.24) is 0 Å². The quantitative estimate of drug-likeness (QED) is 0.734. The normalized spacial score (nSPS) is 11.5. The van der Waals surface area contributed by atoms with Gasteiger partial charge in [0.05, 0.1) is 12.2 Å². The molecule has 0 aliphatic rings. The molecule has 1 aromatic carbocycles. The average Bonchev–Trinajstić information content (AvgIpc) is 2.72. The average molecular weight is 281 g/mol. The van der Waals surface area contributed by atoms with Crippen LogP contribution in [0.15, 0.2) is 39.6 Å². The Morgan fingerprint density at radius 3 is 2.58 bits per heavy atom. The minimum atomic E-state index is -3.83. The second kappa shape index (κ2) is 4.94. The lowest BCUT2D eigenvalue weighted by atomic mass is 10.3. The fourth-order valence-corrected chi connectivity index (χ4v) is 2.43. The Morgan fingerprint density at radius 1 is 1.26 bits per heavy atom. The molecule has 0 bridgehead atoms. The summed E-state index contributed by atoms with van der Waals surface area (Å²) in [5.41, 5.74) is 6.30. The third-order valence-electron chi connectivity index (χ3n) is 2.56. The number of nitrogens with two attached hydrogens (primary N) is 2. The highest BCUT2D eigenvalue weighted by molar-refractivity contribution is 7.89. The van der Waals surface area contributed by atoms with Crippen molar-refractivity contribution in [3.05, 3.63) is 41.9 Å². The molecule has 5 N–H and O–H groups in total. The number of benzene rings is 1. The fourth-order valence-electron chi connectivity index (χ4n) is 1.68. The Hall–Kier alpha value is -1.99. The Bertz CT molecular complexity index is 692. The van der Waals surface area contributed by atoms with Crippen molar-refractivity contribution in [2.24, 2.45) is 5.14 Å². The highest BCUT2D eigenvalue weighted by atomic mass is 32.2. The van der Waals surface area contributed by atoms with Crippen LogP contribution in [0.25, 0.3) is 0 Å². The Balaban J connectivity index is 2.25. The Morgan fingerprint density at radius 2 is 2.00 bits per heavy atom. The van der Waals surface area contributed by atoms with Gasteiger partial charge in [0.2, 0.25) is 10.0 Å². The van der Waals surface area contributed by atoms with Gasteiger partial charge in [-0.2, -0.15) is 0 Å². The molecule has 2 aromatic rings. The maximum absolute atomic E-state index is 11.5. The molecule has 1 aromatic heterocycles. The first-order valence-electron chi connectivity index (χ1n) is 5.58. The summed E-state index contributed by atoms with van der Waals surface area (Å²) >= 11 is 0. The van der Waals surface area contributed by atoms with Crippen LogP contribution in [0.1, 0.15) is 11.5 Å². The van der Waals surface area contributed by atoms with E-state index in [1.54, 1.807) is 12.1 Å². The second-order valence-electron chi connectivity index (χ2n) is 4.17. The van der Waals surface area contributed by atoms with Crippen LogP contribution in [-0.2, 0) is 16.6 Å². The molecule has 0 atom stereocenters. The minimum absolute atomic E-state index is 0.0317. The lowest BCUT2D eigenvalue weighted by Crippen LogP contribution is -2.15. The van der Waals surface area contributed by atoms with Crippen molar-refractivity contribution in [1.29, 1.82) is 0 Å². The molecule has 0 fully saturated rings. The molecule has 19 heavy (non-hydrogen) atoms. The smallest absolute Gasteiger partial charge is 0.240 e. The zero-order valence-corrected chi connectivity index (χ0v) is 11.2. The molecular formula is C12H15N3O3S. The molecule has 0 saturated carbocycles. The van der Waals surface area contributed by atoms with Crippen LogP contribution in [0.5, 0.6) is 0 Å². The molecule has 102 valence electrons. The van der Waals surface area contributed by atoms with Gasteiger partial charge in [0.25, 0.3) is 0 Å². The SMILES string of the molecule is Cc1ccc(CNc2ccc(N)cc2S(N)(=O)=O)o1. The summed E-state index contributed by atoms with van der Waals surface area (Å²) in [5, 5.41) is 8.12. The first-order chi connectivity index (χ1) is 8.86. The van der Waals surface area contributed by atoms with E-state index in [1.165, 1.54) is 6.07 Å². The van der Waals surface area contributed by atoms with Gasteiger partial charge in [-0.1, -0.05) is 0 Å². The molecule has 7 heteroatoms. The van der Waals surface area contributed by atoms with E-state index >= 15 is 0 Å². The number of nitrogen functional groups attached to an aromatic ring is 1. The first-order valence-corrected chi connectivity index (χ1v) is 7.12. The van der Waals surface area contributed by atoms with E-state index in [-0.39, 0.29) is 4.90 Å². The van der Waals surface area contributed by atoms with Crippen LogP contribution in [0.4, 0.5) is 11.4 Å². The number of nitrogens with one attached hydrogen (secondary N) is 1. The summed E-state index contributed by atoms with van der Waals surface area (Å²) in [6, 6.07) is 8.15. The monoisotopic (exact) mass is 281 g/mol. The van der Waals surface area contributed by atoms with E-state index < -0.39 is 10.0 Å². The number of hydrogen-bond donors (Lipinski definition) is 3. The maximum atomic E-state index is 11.5. The molecular weight excluding hydrogens is 266 g/mol. The molecule has 2 rings (SSSR count). The van der Waals surface area contributed by atoms with Crippen LogP contribution >= 0.6 is 0 Å². The van der Waals surface area contributed by atoms with E-state index in [1.807, 2.05) is 19.1 Å². The molecule has 1 heterocycles. The van der Waals surface area contributed by atoms with Crippen molar-refractivity contribution in [2.45, 2.75) is 18.4 Å². The molecule has 0 unspecified atom stereocenters. The highest BCUT2D eigenvalue weighted by Gasteiger charge is 2.14. The van der Waals surface area contributed by atoms with Crippen LogP contribution in [0.3, 0.4) is 0 Å². The first kappa shape index (κ1) is 13.4. The molecule has 0 aliphatic heterocycles. The van der Waals surface area contributed by atoms with Gasteiger partial charge in [-0.3, -0.25) is 0 Å². The van der Waals surface area contributed by atoms with E-state index in [0.717, 1.165) is 5.76 Å². The molecule has 0 aliphatic carbocycles. The topological polar surface area (TPSA) is 111 Å². The van der Waals surface area contributed by atoms with Crippen molar-refractivity contribution >= 4 is 21.4 Å². The molecule has 0 spiro atoms. The van der Waals surface area contributed by atoms with E-state index in [9.17, 15) is 8.42 Å². The molecule has 0 saturated heterocycles. The van der Waals surface area contributed by atoms with Gasteiger partial charge in [-0.15, -0.1) is 0 Å². The predicted molar refractivity (Wildman–Crippen MR) is 73.0 cm³/mol. The molecule has 6 nitrogen and oxygen atoms in total. The van der Waals surface area contributed by atoms with Gasteiger partial charge in [0.1, 0.15) is 16.4 Å². The fraction of sp³-hybridized carbons (Fsp3) is 0.167. The number of sulfonamides is 1. The number of primary sulfonamides is 1. The minimum Gasteiger partial charge on any atom is -0.465 e. The van der Waals surface area contributed by atoms with E-state index in [0.29, 0.717) is 23.7 Å². The lowest BCUT2D eigenvalue weighted by molar-refractivity contribution is 0.490. The van der Waals surface area contributed by atoms with Crippen LogP contribution in [-0.4, -0.2) is 8.42 Å². The largest absolute Gasteiger partial charge is 0.465 e. The van der Waals surface area contributed by atoms with Crippen LogP contribution in [0, 0.1) is 6.92 Å². The van der Waals surface area contributed by atoms with Gasteiger partial charge in [-0.05, 0) is 37.3 Å². The van der Waals surface area contributed by atoms with Crippen LogP contribution in [0.2, 0.25) is 0 Å². The summed E-state index contributed by atoms with van der Waals surface area (Å²) in [5.74, 6) is 1.50. The van der Waals surface area contributed by atoms with Crippen molar-refractivity contribution in [2.75, 3.05) is 11.1 Å².